The molecule has 0 saturated carbocycles. The van der Waals surface area contributed by atoms with E-state index in [-0.39, 0.29) is 0 Å². The number of nitrogens with zero attached hydrogens (tertiary/aromatic N) is 3. The molecular weight excluding hydrogens is 328 g/mol. The molecule has 0 bridgehead atoms. The summed E-state index contributed by atoms with van der Waals surface area (Å²) in [6.45, 7) is 5.40. The van der Waals surface area contributed by atoms with Crippen LogP contribution in [0, 0.1) is 5.92 Å². The highest BCUT2D eigenvalue weighted by Crippen LogP contribution is 2.32. The summed E-state index contributed by atoms with van der Waals surface area (Å²) in [6.07, 6.45) is 3.85. The van der Waals surface area contributed by atoms with E-state index in [1.54, 1.807) is 6.20 Å². The van der Waals surface area contributed by atoms with Gasteiger partial charge in [0.05, 0.1) is 5.69 Å². The number of halogens is 1. The van der Waals surface area contributed by atoms with Crippen LogP contribution in [0.15, 0.2) is 41.1 Å². The van der Waals surface area contributed by atoms with Gasteiger partial charge in [-0.1, -0.05) is 29.8 Å². The molecule has 0 spiro atoms. The third-order valence-corrected chi connectivity index (χ3v) is 3.85. The molecule has 2 heterocycles. The lowest BCUT2D eigenvalue weighted by molar-refractivity contribution is 0.535. The van der Waals surface area contributed by atoms with E-state index in [2.05, 4.69) is 68.7 Å². The summed E-state index contributed by atoms with van der Waals surface area (Å²) in [5.74, 6) is 0.875. The standard InChI is InChI=1S/C16H17BrN4/c1-10(2)8-21-9-13(14-5-6-19-16(18)20-14)12-7-11(17)3-4-15(12)21/h3-7,9-10H,8H2,1-2H3,(H2,18,19,20). The molecule has 0 aliphatic carbocycles. The van der Waals surface area contributed by atoms with Crippen LogP contribution in [0.4, 0.5) is 5.95 Å². The van der Waals surface area contributed by atoms with Crippen LogP contribution in [-0.2, 0) is 6.54 Å². The van der Waals surface area contributed by atoms with Gasteiger partial charge in [-0.2, -0.15) is 0 Å². The van der Waals surface area contributed by atoms with Crippen LogP contribution in [-0.4, -0.2) is 14.5 Å². The minimum Gasteiger partial charge on any atom is -0.368 e. The summed E-state index contributed by atoms with van der Waals surface area (Å²) in [5.41, 5.74) is 8.87. The molecule has 108 valence electrons. The van der Waals surface area contributed by atoms with Gasteiger partial charge in [-0.05, 0) is 30.2 Å². The predicted molar refractivity (Wildman–Crippen MR) is 89.9 cm³/mol. The zero-order valence-electron chi connectivity index (χ0n) is 12.0. The first-order valence-corrected chi connectivity index (χ1v) is 7.71. The maximum atomic E-state index is 5.72. The van der Waals surface area contributed by atoms with Crippen LogP contribution in [0.3, 0.4) is 0 Å². The average molecular weight is 345 g/mol. The van der Waals surface area contributed by atoms with E-state index in [0.717, 1.165) is 22.3 Å². The quantitative estimate of drug-likeness (QED) is 0.778. The second-order valence-electron chi connectivity index (χ2n) is 5.55. The van der Waals surface area contributed by atoms with Crippen LogP contribution in [0.2, 0.25) is 0 Å². The lowest BCUT2D eigenvalue weighted by Crippen LogP contribution is -2.02. The summed E-state index contributed by atoms with van der Waals surface area (Å²) in [4.78, 5) is 8.32. The lowest BCUT2D eigenvalue weighted by atomic mass is 10.1. The average Bonchev–Trinajstić information content (AvgIpc) is 2.76. The second kappa shape index (κ2) is 5.48. The Morgan fingerprint density at radius 3 is 2.81 bits per heavy atom. The van der Waals surface area contributed by atoms with Crippen molar-refractivity contribution in [2.24, 2.45) is 5.92 Å². The van der Waals surface area contributed by atoms with Gasteiger partial charge in [0.15, 0.2) is 0 Å². The van der Waals surface area contributed by atoms with Crippen molar-refractivity contribution >= 4 is 32.8 Å². The van der Waals surface area contributed by atoms with Gasteiger partial charge in [-0.15, -0.1) is 0 Å². The molecule has 0 atom stereocenters. The first kappa shape index (κ1) is 14.1. The molecular formula is C16H17BrN4. The molecule has 0 amide bonds. The van der Waals surface area contributed by atoms with Crippen molar-refractivity contribution in [3.8, 4) is 11.3 Å². The highest BCUT2D eigenvalue weighted by Gasteiger charge is 2.13. The number of nitrogen functional groups attached to an aromatic ring is 1. The molecule has 3 aromatic rings. The number of anilines is 1. The summed E-state index contributed by atoms with van der Waals surface area (Å²) >= 11 is 3.55. The Kier molecular flexibility index (Phi) is 3.68. The van der Waals surface area contributed by atoms with Crippen molar-refractivity contribution in [3.05, 3.63) is 41.1 Å². The van der Waals surface area contributed by atoms with Crippen LogP contribution >= 0.6 is 15.9 Å². The zero-order chi connectivity index (χ0) is 15.0. The highest BCUT2D eigenvalue weighted by atomic mass is 79.9. The molecule has 3 rings (SSSR count). The minimum absolute atomic E-state index is 0.298. The highest BCUT2D eigenvalue weighted by molar-refractivity contribution is 9.10. The number of fused-ring (bicyclic) bond motifs is 1. The molecule has 21 heavy (non-hydrogen) atoms. The molecule has 2 N–H and O–H groups in total. The number of benzene rings is 1. The maximum absolute atomic E-state index is 5.72. The van der Waals surface area contributed by atoms with Gasteiger partial charge < -0.3 is 10.3 Å². The SMILES string of the molecule is CC(C)Cn1cc(-c2ccnc(N)n2)c2cc(Br)ccc21. The van der Waals surface area contributed by atoms with Crippen LogP contribution in [0.25, 0.3) is 22.2 Å². The molecule has 5 heteroatoms. The van der Waals surface area contributed by atoms with Gasteiger partial charge in [0.1, 0.15) is 0 Å². The van der Waals surface area contributed by atoms with Gasteiger partial charge in [0, 0.05) is 39.9 Å². The minimum atomic E-state index is 0.298. The van der Waals surface area contributed by atoms with Crippen molar-refractivity contribution in [2.75, 3.05) is 5.73 Å². The van der Waals surface area contributed by atoms with Gasteiger partial charge in [-0.3, -0.25) is 0 Å². The third kappa shape index (κ3) is 2.78. The topological polar surface area (TPSA) is 56.7 Å². The van der Waals surface area contributed by atoms with Crippen molar-refractivity contribution in [3.63, 3.8) is 0 Å². The Morgan fingerprint density at radius 1 is 1.29 bits per heavy atom. The first-order chi connectivity index (χ1) is 10.0. The maximum Gasteiger partial charge on any atom is 0.220 e. The Bertz CT molecular complexity index is 792. The number of aromatic nitrogens is 3. The lowest BCUT2D eigenvalue weighted by Gasteiger charge is -2.07. The molecule has 0 saturated heterocycles. The molecule has 0 aliphatic rings. The molecule has 0 unspecified atom stereocenters. The normalized spacial score (nSPS) is 11.4. The summed E-state index contributed by atoms with van der Waals surface area (Å²) in [6, 6.07) is 8.22. The Hall–Kier alpha value is -1.88. The number of nitrogens with two attached hydrogens (primary N) is 1. The van der Waals surface area contributed by atoms with Gasteiger partial charge >= 0.3 is 0 Å². The smallest absolute Gasteiger partial charge is 0.220 e. The molecule has 2 aromatic heterocycles. The first-order valence-electron chi connectivity index (χ1n) is 6.92. The van der Waals surface area contributed by atoms with E-state index < -0.39 is 0 Å². The van der Waals surface area contributed by atoms with Crippen LogP contribution in [0.1, 0.15) is 13.8 Å². The number of rotatable bonds is 3. The predicted octanol–water partition coefficient (Wildman–Crippen LogP) is 4.10. The van der Waals surface area contributed by atoms with Gasteiger partial charge in [0.2, 0.25) is 5.95 Å². The summed E-state index contributed by atoms with van der Waals surface area (Å²) in [5, 5.41) is 1.17. The van der Waals surface area contributed by atoms with Crippen molar-refractivity contribution in [1.29, 1.82) is 0 Å². The van der Waals surface area contributed by atoms with Crippen LogP contribution < -0.4 is 5.73 Å². The van der Waals surface area contributed by atoms with Crippen LogP contribution in [0.5, 0.6) is 0 Å². The monoisotopic (exact) mass is 344 g/mol. The number of hydrogen-bond acceptors (Lipinski definition) is 3. The fourth-order valence-corrected chi connectivity index (χ4v) is 2.90. The van der Waals surface area contributed by atoms with E-state index in [0.29, 0.717) is 11.9 Å². The number of hydrogen-bond donors (Lipinski definition) is 1. The van der Waals surface area contributed by atoms with Crippen molar-refractivity contribution in [2.45, 2.75) is 20.4 Å². The largest absolute Gasteiger partial charge is 0.368 e. The zero-order valence-corrected chi connectivity index (χ0v) is 13.6. The second-order valence-corrected chi connectivity index (χ2v) is 6.47. The van der Waals surface area contributed by atoms with Gasteiger partial charge in [-0.25, -0.2) is 9.97 Å². The third-order valence-electron chi connectivity index (χ3n) is 3.36. The molecule has 0 fully saturated rings. The Labute approximate surface area is 132 Å². The Morgan fingerprint density at radius 2 is 2.10 bits per heavy atom. The van der Waals surface area contributed by atoms with E-state index >= 15 is 0 Å². The molecule has 0 radical (unpaired) electrons. The van der Waals surface area contributed by atoms with E-state index in [1.807, 2.05) is 6.07 Å². The fraction of sp³-hybridized carbons (Fsp3) is 0.250. The summed E-state index contributed by atoms with van der Waals surface area (Å²) < 4.78 is 3.33. The van der Waals surface area contributed by atoms with Crippen molar-refractivity contribution in [1.82, 2.24) is 14.5 Å². The molecule has 0 aliphatic heterocycles. The van der Waals surface area contributed by atoms with Crippen molar-refractivity contribution < 1.29 is 0 Å². The van der Waals surface area contributed by atoms with E-state index in [9.17, 15) is 0 Å². The van der Waals surface area contributed by atoms with E-state index in [4.69, 9.17) is 5.73 Å². The molecule has 4 nitrogen and oxygen atoms in total. The fourth-order valence-electron chi connectivity index (χ4n) is 2.54. The summed E-state index contributed by atoms with van der Waals surface area (Å²) in [7, 11) is 0. The Balaban J connectivity index is 2.24. The molecule has 1 aromatic carbocycles. The van der Waals surface area contributed by atoms with E-state index in [1.165, 1.54) is 10.9 Å². The van der Waals surface area contributed by atoms with Gasteiger partial charge in [0.25, 0.3) is 0 Å².